The zero-order chi connectivity index (χ0) is 11.3. The van der Waals surface area contributed by atoms with Crippen LogP contribution in [0.2, 0.25) is 0 Å². The second kappa shape index (κ2) is 5.68. The van der Waals surface area contributed by atoms with Gasteiger partial charge in [0.2, 0.25) is 0 Å². The van der Waals surface area contributed by atoms with E-state index in [9.17, 15) is 4.39 Å². The van der Waals surface area contributed by atoms with Gasteiger partial charge in [-0.15, -0.1) is 0 Å². The van der Waals surface area contributed by atoms with Gasteiger partial charge in [-0.1, -0.05) is 12.1 Å². The number of halogens is 1. The number of aliphatic hydroxyl groups excluding tert-OH is 1. The van der Waals surface area contributed by atoms with E-state index in [0.717, 1.165) is 0 Å². The lowest BCUT2D eigenvalue weighted by molar-refractivity contribution is 0.227. The number of hydrogen-bond acceptors (Lipinski definition) is 3. The van der Waals surface area contributed by atoms with Crippen LogP contribution in [0, 0.1) is 5.82 Å². The van der Waals surface area contributed by atoms with E-state index in [1.54, 1.807) is 19.1 Å². The molecule has 1 atom stereocenters. The molecule has 0 bridgehead atoms. The summed E-state index contributed by atoms with van der Waals surface area (Å²) in [4.78, 5) is 0. The highest BCUT2D eigenvalue weighted by molar-refractivity contribution is 5.36. The van der Waals surface area contributed by atoms with Gasteiger partial charge in [0.25, 0.3) is 0 Å². The minimum absolute atomic E-state index is 0.0297. The third-order valence-corrected chi connectivity index (χ3v) is 2.04. The smallest absolute Gasteiger partial charge is 0.165 e. The van der Waals surface area contributed by atoms with Gasteiger partial charge < -0.3 is 15.6 Å². The molecule has 15 heavy (non-hydrogen) atoms. The Labute approximate surface area is 88.7 Å². The zero-order valence-corrected chi connectivity index (χ0v) is 8.74. The Hall–Kier alpha value is -1.13. The largest absolute Gasteiger partial charge is 0.490 e. The van der Waals surface area contributed by atoms with Crippen molar-refractivity contribution in [3.8, 4) is 5.75 Å². The van der Waals surface area contributed by atoms with E-state index in [0.29, 0.717) is 12.0 Å². The summed E-state index contributed by atoms with van der Waals surface area (Å²) < 4.78 is 18.6. The second-order valence-corrected chi connectivity index (χ2v) is 3.37. The molecule has 0 aromatic heterocycles. The van der Waals surface area contributed by atoms with Crippen LogP contribution >= 0.6 is 0 Å². The number of benzene rings is 1. The van der Waals surface area contributed by atoms with E-state index >= 15 is 0 Å². The van der Waals surface area contributed by atoms with Crippen LogP contribution in [-0.4, -0.2) is 18.3 Å². The Morgan fingerprint density at radius 1 is 1.53 bits per heavy atom. The molecule has 3 nitrogen and oxygen atoms in total. The highest BCUT2D eigenvalue weighted by Gasteiger charge is 2.12. The number of nitrogens with two attached hydrogens (primary N) is 1. The third kappa shape index (κ3) is 3.18. The van der Waals surface area contributed by atoms with Crippen molar-refractivity contribution in [3.05, 3.63) is 29.6 Å². The Bertz CT molecular complexity index is 315. The normalized spacial score (nSPS) is 12.5. The topological polar surface area (TPSA) is 55.5 Å². The SMILES string of the molecule is C[C@H](N)c1cccc(F)c1OCCCO. The standard InChI is InChI=1S/C11H16FNO2/c1-8(13)9-4-2-5-10(12)11(9)15-7-3-6-14/h2,4-5,8,14H,3,6-7,13H2,1H3/t8-/m0/s1. The van der Waals surface area contributed by atoms with Crippen molar-refractivity contribution in [2.45, 2.75) is 19.4 Å². The number of rotatable bonds is 5. The maximum absolute atomic E-state index is 13.4. The fraction of sp³-hybridized carbons (Fsp3) is 0.455. The molecule has 0 heterocycles. The minimum Gasteiger partial charge on any atom is -0.490 e. The van der Waals surface area contributed by atoms with Crippen LogP contribution in [0.25, 0.3) is 0 Å². The summed E-state index contributed by atoms with van der Waals surface area (Å²) in [7, 11) is 0. The molecule has 0 aliphatic carbocycles. The molecule has 0 fully saturated rings. The summed E-state index contributed by atoms with van der Waals surface area (Å²) in [5.41, 5.74) is 6.34. The Morgan fingerprint density at radius 2 is 2.27 bits per heavy atom. The van der Waals surface area contributed by atoms with Gasteiger partial charge in [0.15, 0.2) is 11.6 Å². The summed E-state index contributed by atoms with van der Waals surface area (Å²) >= 11 is 0. The molecule has 1 aromatic carbocycles. The maximum Gasteiger partial charge on any atom is 0.165 e. The van der Waals surface area contributed by atoms with Crippen LogP contribution in [0.4, 0.5) is 4.39 Å². The molecular weight excluding hydrogens is 197 g/mol. The van der Waals surface area contributed by atoms with Crippen molar-refractivity contribution in [3.63, 3.8) is 0 Å². The molecule has 1 aromatic rings. The lowest BCUT2D eigenvalue weighted by atomic mass is 10.1. The van der Waals surface area contributed by atoms with Crippen molar-refractivity contribution >= 4 is 0 Å². The van der Waals surface area contributed by atoms with Gasteiger partial charge in [-0.05, 0) is 13.0 Å². The van der Waals surface area contributed by atoms with Gasteiger partial charge in [-0.25, -0.2) is 4.39 Å². The first-order valence-electron chi connectivity index (χ1n) is 4.94. The first kappa shape index (κ1) is 11.9. The molecule has 0 aliphatic rings. The van der Waals surface area contributed by atoms with Crippen molar-refractivity contribution in [2.24, 2.45) is 5.73 Å². The number of aliphatic hydroxyl groups is 1. The molecule has 0 aliphatic heterocycles. The van der Waals surface area contributed by atoms with Crippen LogP contribution in [0.15, 0.2) is 18.2 Å². The minimum atomic E-state index is -0.414. The Morgan fingerprint density at radius 3 is 2.87 bits per heavy atom. The first-order valence-corrected chi connectivity index (χ1v) is 4.94. The summed E-state index contributed by atoms with van der Waals surface area (Å²) in [6.45, 7) is 2.09. The van der Waals surface area contributed by atoms with Gasteiger partial charge in [-0.2, -0.15) is 0 Å². The predicted molar refractivity (Wildman–Crippen MR) is 56.2 cm³/mol. The lowest BCUT2D eigenvalue weighted by Crippen LogP contribution is -2.10. The Kier molecular flexibility index (Phi) is 4.52. The summed E-state index contributed by atoms with van der Waals surface area (Å²) in [6.07, 6.45) is 0.479. The average Bonchev–Trinajstić information content (AvgIpc) is 2.20. The number of hydrogen-bond donors (Lipinski definition) is 2. The lowest BCUT2D eigenvalue weighted by Gasteiger charge is -2.14. The summed E-state index contributed by atoms with van der Waals surface area (Å²) in [6, 6.07) is 4.40. The molecule has 0 saturated carbocycles. The monoisotopic (exact) mass is 213 g/mol. The molecular formula is C11H16FNO2. The molecule has 4 heteroatoms. The molecule has 3 N–H and O–H groups in total. The number of para-hydroxylation sites is 1. The molecule has 0 amide bonds. The van der Waals surface area contributed by atoms with Crippen LogP contribution in [0.1, 0.15) is 24.9 Å². The summed E-state index contributed by atoms with van der Waals surface area (Å²) in [5.74, 6) is -0.219. The van der Waals surface area contributed by atoms with Crippen LogP contribution in [-0.2, 0) is 0 Å². The van der Waals surface area contributed by atoms with E-state index in [2.05, 4.69) is 0 Å². The predicted octanol–water partition coefficient (Wildman–Crippen LogP) is 1.61. The van der Waals surface area contributed by atoms with Gasteiger partial charge in [0.05, 0.1) is 6.61 Å². The van der Waals surface area contributed by atoms with Gasteiger partial charge in [-0.3, -0.25) is 0 Å². The highest BCUT2D eigenvalue weighted by Crippen LogP contribution is 2.26. The van der Waals surface area contributed by atoms with Crippen LogP contribution in [0.3, 0.4) is 0 Å². The fourth-order valence-electron chi connectivity index (χ4n) is 1.28. The van der Waals surface area contributed by atoms with E-state index in [1.807, 2.05) is 0 Å². The maximum atomic E-state index is 13.4. The van der Waals surface area contributed by atoms with E-state index < -0.39 is 5.82 Å². The summed E-state index contributed by atoms with van der Waals surface area (Å²) in [5, 5.41) is 8.59. The van der Waals surface area contributed by atoms with Gasteiger partial charge in [0.1, 0.15) is 0 Å². The fourth-order valence-corrected chi connectivity index (χ4v) is 1.28. The van der Waals surface area contributed by atoms with Gasteiger partial charge in [0, 0.05) is 24.6 Å². The molecule has 1 rings (SSSR count). The molecule has 0 spiro atoms. The van der Waals surface area contributed by atoms with Crippen molar-refractivity contribution < 1.29 is 14.2 Å². The van der Waals surface area contributed by atoms with Crippen molar-refractivity contribution in [1.82, 2.24) is 0 Å². The molecule has 0 saturated heterocycles. The first-order chi connectivity index (χ1) is 7.16. The third-order valence-electron chi connectivity index (χ3n) is 2.04. The number of ether oxygens (including phenoxy) is 1. The van der Waals surface area contributed by atoms with Crippen molar-refractivity contribution in [2.75, 3.05) is 13.2 Å². The van der Waals surface area contributed by atoms with Crippen LogP contribution < -0.4 is 10.5 Å². The zero-order valence-electron chi connectivity index (χ0n) is 8.74. The quantitative estimate of drug-likeness (QED) is 0.730. The van der Waals surface area contributed by atoms with E-state index in [-0.39, 0.29) is 25.0 Å². The highest BCUT2D eigenvalue weighted by atomic mass is 19.1. The van der Waals surface area contributed by atoms with E-state index in [4.69, 9.17) is 15.6 Å². The molecule has 0 radical (unpaired) electrons. The van der Waals surface area contributed by atoms with Gasteiger partial charge >= 0.3 is 0 Å². The molecule has 84 valence electrons. The Balaban J connectivity index is 2.82. The molecule has 0 unspecified atom stereocenters. The average molecular weight is 213 g/mol. The van der Waals surface area contributed by atoms with Crippen LogP contribution in [0.5, 0.6) is 5.75 Å². The van der Waals surface area contributed by atoms with E-state index in [1.165, 1.54) is 6.07 Å². The second-order valence-electron chi connectivity index (χ2n) is 3.37. The van der Waals surface area contributed by atoms with Crippen molar-refractivity contribution in [1.29, 1.82) is 0 Å².